The van der Waals surface area contributed by atoms with E-state index in [9.17, 15) is 4.79 Å². The lowest BCUT2D eigenvalue weighted by atomic mass is 9.82. The largest absolute Gasteiger partial charge is 0.451 e. The first-order valence-electron chi connectivity index (χ1n) is 7.17. The van der Waals surface area contributed by atoms with Gasteiger partial charge in [0.1, 0.15) is 5.58 Å². The summed E-state index contributed by atoms with van der Waals surface area (Å²) < 4.78 is 5.59. The minimum Gasteiger partial charge on any atom is -0.451 e. The summed E-state index contributed by atoms with van der Waals surface area (Å²) in [5, 5.41) is 3.88. The van der Waals surface area contributed by atoms with Crippen molar-refractivity contribution in [2.45, 2.75) is 46.6 Å². The van der Waals surface area contributed by atoms with E-state index in [4.69, 9.17) is 10.2 Å². The highest BCUT2D eigenvalue weighted by molar-refractivity contribution is 5.96. The van der Waals surface area contributed by atoms with Crippen LogP contribution in [0.4, 0.5) is 5.69 Å². The molecule has 0 bridgehead atoms. The van der Waals surface area contributed by atoms with Crippen LogP contribution >= 0.6 is 0 Å². The van der Waals surface area contributed by atoms with E-state index in [1.54, 1.807) is 24.3 Å². The van der Waals surface area contributed by atoms with E-state index in [-0.39, 0.29) is 16.9 Å². The lowest BCUT2D eigenvalue weighted by Crippen LogP contribution is -2.45. The lowest BCUT2D eigenvalue weighted by molar-refractivity contribution is 0.0865. The normalized spacial score (nSPS) is 12.6. The molecule has 1 amide bonds. The molecule has 0 aliphatic rings. The molecule has 2 aromatic rings. The van der Waals surface area contributed by atoms with Crippen LogP contribution in [0.3, 0.4) is 0 Å². The molecule has 1 aromatic carbocycles. The van der Waals surface area contributed by atoms with Gasteiger partial charge in [-0.2, -0.15) is 0 Å². The van der Waals surface area contributed by atoms with Gasteiger partial charge in [0.15, 0.2) is 5.76 Å². The maximum atomic E-state index is 12.4. The Bertz CT molecular complexity index is 663. The van der Waals surface area contributed by atoms with E-state index in [1.165, 1.54) is 0 Å². The van der Waals surface area contributed by atoms with E-state index >= 15 is 0 Å². The van der Waals surface area contributed by atoms with Crippen LogP contribution in [0, 0.1) is 5.41 Å². The standard InChI is InChI=1S/C17H24N2O2/c1-16(2,3)10-17(4,5)19-15(20)14-9-11-8-12(18)6-7-13(11)21-14/h6-9H,10,18H2,1-5H3,(H,19,20). The summed E-state index contributed by atoms with van der Waals surface area (Å²) in [6.07, 6.45) is 0.874. The van der Waals surface area contributed by atoms with Crippen molar-refractivity contribution in [3.63, 3.8) is 0 Å². The Kier molecular flexibility index (Phi) is 3.74. The molecule has 114 valence electrons. The first kappa shape index (κ1) is 15.4. The van der Waals surface area contributed by atoms with Gasteiger partial charge in [0.2, 0.25) is 0 Å². The minimum atomic E-state index is -0.298. The predicted molar refractivity (Wildman–Crippen MR) is 86.2 cm³/mol. The second kappa shape index (κ2) is 5.10. The highest BCUT2D eigenvalue weighted by Gasteiger charge is 2.28. The van der Waals surface area contributed by atoms with Crippen LogP contribution in [0.15, 0.2) is 28.7 Å². The predicted octanol–water partition coefficient (Wildman–Crippen LogP) is 3.96. The van der Waals surface area contributed by atoms with Crippen LogP contribution in [-0.4, -0.2) is 11.4 Å². The summed E-state index contributed by atoms with van der Waals surface area (Å²) in [6.45, 7) is 10.5. The zero-order valence-electron chi connectivity index (χ0n) is 13.4. The highest BCUT2D eigenvalue weighted by Crippen LogP contribution is 2.28. The minimum absolute atomic E-state index is 0.138. The first-order chi connectivity index (χ1) is 9.56. The van der Waals surface area contributed by atoms with Crippen LogP contribution in [0.1, 0.15) is 51.6 Å². The summed E-state index contributed by atoms with van der Waals surface area (Å²) in [5.41, 5.74) is 6.90. The molecule has 1 aromatic heterocycles. The number of hydrogen-bond donors (Lipinski definition) is 2. The van der Waals surface area contributed by atoms with Crippen molar-refractivity contribution in [1.29, 1.82) is 0 Å². The molecule has 0 aliphatic heterocycles. The summed E-state index contributed by atoms with van der Waals surface area (Å²) in [4.78, 5) is 12.4. The molecule has 0 aliphatic carbocycles. The van der Waals surface area contributed by atoms with Gasteiger partial charge in [-0.1, -0.05) is 20.8 Å². The molecule has 0 saturated carbocycles. The van der Waals surface area contributed by atoms with Crippen LogP contribution in [-0.2, 0) is 0 Å². The van der Waals surface area contributed by atoms with Gasteiger partial charge >= 0.3 is 0 Å². The number of benzene rings is 1. The van der Waals surface area contributed by atoms with Crippen molar-refractivity contribution < 1.29 is 9.21 Å². The second-order valence-electron chi connectivity index (χ2n) is 7.48. The van der Waals surface area contributed by atoms with Gasteiger partial charge in [-0.25, -0.2) is 0 Å². The van der Waals surface area contributed by atoms with E-state index in [0.717, 1.165) is 11.8 Å². The summed E-state index contributed by atoms with van der Waals surface area (Å²) in [5.74, 6) is 0.122. The average molecular weight is 288 g/mol. The Morgan fingerprint density at radius 2 is 1.86 bits per heavy atom. The molecular weight excluding hydrogens is 264 g/mol. The number of nitrogens with two attached hydrogens (primary N) is 1. The fourth-order valence-corrected chi connectivity index (χ4v) is 2.91. The Morgan fingerprint density at radius 3 is 2.48 bits per heavy atom. The number of anilines is 1. The smallest absolute Gasteiger partial charge is 0.287 e. The van der Waals surface area contributed by atoms with Gasteiger partial charge in [-0.15, -0.1) is 0 Å². The number of carbonyl (C=O) groups is 1. The number of amides is 1. The summed E-state index contributed by atoms with van der Waals surface area (Å²) in [6, 6.07) is 7.07. The van der Waals surface area contributed by atoms with E-state index < -0.39 is 0 Å². The SMILES string of the molecule is CC(C)(C)CC(C)(C)NC(=O)c1cc2cc(N)ccc2o1. The number of rotatable bonds is 3. The number of carbonyl (C=O) groups excluding carboxylic acids is 1. The Hall–Kier alpha value is -1.97. The molecule has 0 unspecified atom stereocenters. The molecule has 2 rings (SSSR count). The highest BCUT2D eigenvalue weighted by atomic mass is 16.3. The molecule has 0 spiro atoms. The molecule has 0 saturated heterocycles. The van der Waals surface area contributed by atoms with Crippen molar-refractivity contribution in [3.8, 4) is 0 Å². The van der Waals surface area contributed by atoms with Gasteiger partial charge in [-0.3, -0.25) is 4.79 Å². The van der Waals surface area contributed by atoms with Crippen molar-refractivity contribution in [2.24, 2.45) is 5.41 Å². The van der Waals surface area contributed by atoms with E-state index in [1.807, 2.05) is 13.8 Å². The van der Waals surface area contributed by atoms with Gasteiger partial charge in [0.05, 0.1) is 0 Å². The molecule has 1 heterocycles. The molecule has 4 heteroatoms. The van der Waals surface area contributed by atoms with Crippen molar-refractivity contribution in [2.75, 3.05) is 5.73 Å². The molecular formula is C17H24N2O2. The first-order valence-corrected chi connectivity index (χ1v) is 7.17. The van der Waals surface area contributed by atoms with Gasteiger partial charge in [-0.05, 0) is 49.9 Å². The van der Waals surface area contributed by atoms with Crippen molar-refractivity contribution in [3.05, 3.63) is 30.0 Å². The third kappa shape index (κ3) is 4.00. The average Bonchev–Trinajstić information content (AvgIpc) is 2.67. The van der Waals surface area contributed by atoms with Gasteiger partial charge in [0, 0.05) is 16.6 Å². The Labute approximate surface area is 125 Å². The molecule has 0 fully saturated rings. The maximum Gasteiger partial charge on any atom is 0.287 e. The van der Waals surface area contributed by atoms with Gasteiger partial charge < -0.3 is 15.5 Å². The van der Waals surface area contributed by atoms with Crippen LogP contribution < -0.4 is 11.1 Å². The quantitative estimate of drug-likeness (QED) is 0.840. The monoisotopic (exact) mass is 288 g/mol. The molecule has 0 radical (unpaired) electrons. The number of nitrogen functional groups attached to an aromatic ring is 1. The number of hydrogen-bond acceptors (Lipinski definition) is 3. The van der Waals surface area contributed by atoms with E-state index in [0.29, 0.717) is 17.0 Å². The number of nitrogens with one attached hydrogen (secondary N) is 1. The lowest BCUT2D eigenvalue weighted by Gasteiger charge is -2.33. The Balaban J connectivity index is 2.18. The second-order valence-corrected chi connectivity index (χ2v) is 7.48. The zero-order chi connectivity index (χ0) is 15.8. The molecule has 21 heavy (non-hydrogen) atoms. The van der Waals surface area contributed by atoms with Gasteiger partial charge in [0.25, 0.3) is 5.91 Å². The molecule has 0 atom stereocenters. The van der Waals surface area contributed by atoms with Crippen LogP contribution in [0.2, 0.25) is 0 Å². The fraction of sp³-hybridized carbons (Fsp3) is 0.471. The van der Waals surface area contributed by atoms with E-state index in [2.05, 4.69) is 26.1 Å². The number of fused-ring (bicyclic) bond motifs is 1. The maximum absolute atomic E-state index is 12.4. The van der Waals surface area contributed by atoms with Crippen molar-refractivity contribution >= 4 is 22.6 Å². The summed E-state index contributed by atoms with van der Waals surface area (Å²) in [7, 11) is 0. The Morgan fingerprint density at radius 1 is 1.19 bits per heavy atom. The summed E-state index contributed by atoms with van der Waals surface area (Å²) >= 11 is 0. The zero-order valence-corrected chi connectivity index (χ0v) is 13.4. The number of furan rings is 1. The topological polar surface area (TPSA) is 68.3 Å². The third-order valence-corrected chi connectivity index (χ3v) is 3.19. The molecule has 3 N–H and O–H groups in total. The van der Waals surface area contributed by atoms with Crippen LogP contribution in [0.25, 0.3) is 11.0 Å². The van der Waals surface area contributed by atoms with Crippen LogP contribution in [0.5, 0.6) is 0 Å². The fourth-order valence-electron chi connectivity index (χ4n) is 2.91. The third-order valence-electron chi connectivity index (χ3n) is 3.19. The van der Waals surface area contributed by atoms with Crippen molar-refractivity contribution in [1.82, 2.24) is 5.32 Å². The molecule has 4 nitrogen and oxygen atoms in total.